The van der Waals surface area contributed by atoms with Gasteiger partial charge in [-0.1, -0.05) is 12.8 Å². The third kappa shape index (κ3) is 3.52. The molecule has 1 amide bonds. The third-order valence-electron chi connectivity index (χ3n) is 4.39. The van der Waals surface area contributed by atoms with Crippen molar-refractivity contribution in [2.75, 3.05) is 6.54 Å². The number of amides is 1. The summed E-state index contributed by atoms with van der Waals surface area (Å²) in [5, 5.41) is 6.56. The third-order valence-corrected chi connectivity index (χ3v) is 4.39. The van der Waals surface area contributed by atoms with Crippen molar-refractivity contribution in [3.8, 4) is 0 Å². The van der Waals surface area contributed by atoms with Gasteiger partial charge in [0.05, 0.1) is 10.9 Å². The topological polar surface area (TPSA) is 59.8 Å². The van der Waals surface area contributed by atoms with Crippen LogP contribution in [-0.2, 0) is 17.5 Å². The number of rotatable bonds is 5. The maximum atomic E-state index is 13.0. The average Bonchev–Trinajstić information content (AvgIpc) is 3.19. The molecule has 0 unspecified atom stereocenters. The Morgan fingerprint density at radius 3 is 2.79 bits per heavy atom. The van der Waals surface area contributed by atoms with E-state index in [2.05, 4.69) is 15.4 Å². The van der Waals surface area contributed by atoms with Crippen LogP contribution in [0.25, 0.3) is 10.9 Å². The monoisotopic (exact) mass is 340 g/mol. The van der Waals surface area contributed by atoms with E-state index in [-0.39, 0.29) is 17.2 Å². The van der Waals surface area contributed by atoms with Crippen LogP contribution in [0.3, 0.4) is 0 Å². The first-order valence-corrected chi connectivity index (χ1v) is 8.12. The predicted octanol–water partition coefficient (Wildman–Crippen LogP) is 3.15. The Hall–Kier alpha value is -2.12. The Labute approximate surface area is 137 Å². The Morgan fingerprint density at radius 1 is 1.33 bits per heavy atom. The molecule has 0 spiro atoms. The van der Waals surface area contributed by atoms with Crippen molar-refractivity contribution in [1.29, 1.82) is 0 Å². The van der Waals surface area contributed by atoms with Crippen LogP contribution < -0.4 is 5.32 Å². The summed E-state index contributed by atoms with van der Waals surface area (Å²) in [6, 6.07) is 1.52. The highest BCUT2D eigenvalue weighted by Gasteiger charge is 2.36. The van der Waals surface area contributed by atoms with Crippen molar-refractivity contribution >= 4 is 16.8 Å². The predicted molar refractivity (Wildman–Crippen MR) is 82.1 cm³/mol. The van der Waals surface area contributed by atoms with Gasteiger partial charge in [-0.05, 0) is 25.3 Å². The second kappa shape index (κ2) is 6.78. The van der Waals surface area contributed by atoms with E-state index in [0.717, 1.165) is 25.7 Å². The first-order valence-electron chi connectivity index (χ1n) is 8.12. The molecule has 1 saturated carbocycles. The molecule has 0 bridgehead atoms. The quantitative estimate of drug-likeness (QED) is 0.851. The number of alkyl halides is 3. The van der Waals surface area contributed by atoms with Crippen LogP contribution in [0, 0.1) is 5.92 Å². The molecule has 0 aromatic carbocycles. The lowest BCUT2D eigenvalue weighted by atomic mass is 10.1. The van der Waals surface area contributed by atoms with Crippen LogP contribution in [0.5, 0.6) is 0 Å². The van der Waals surface area contributed by atoms with Crippen molar-refractivity contribution in [3.63, 3.8) is 0 Å². The van der Waals surface area contributed by atoms with E-state index in [1.165, 1.54) is 23.1 Å². The Bertz CT molecular complexity index is 720. The van der Waals surface area contributed by atoms with Gasteiger partial charge in [-0.15, -0.1) is 0 Å². The molecule has 0 aliphatic heterocycles. The normalized spacial score (nSPS) is 16.0. The number of fused-ring (bicyclic) bond motifs is 1. The summed E-state index contributed by atoms with van der Waals surface area (Å²) in [6.07, 6.45) is 2.68. The van der Waals surface area contributed by atoms with Crippen LogP contribution >= 0.6 is 0 Å². The van der Waals surface area contributed by atoms with Crippen molar-refractivity contribution in [1.82, 2.24) is 20.1 Å². The van der Waals surface area contributed by atoms with E-state index in [9.17, 15) is 18.0 Å². The van der Waals surface area contributed by atoms with E-state index in [1.54, 1.807) is 0 Å². The molecule has 0 atom stereocenters. The molecule has 2 aromatic rings. The molecule has 3 rings (SSSR count). The van der Waals surface area contributed by atoms with Crippen molar-refractivity contribution in [2.45, 2.75) is 44.8 Å². The minimum absolute atomic E-state index is 0.00000815. The highest BCUT2D eigenvalue weighted by molar-refractivity contribution is 5.81. The number of carbonyl (C=O) groups excluding carboxylic acids is 1. The summed E-state index contributed by atoms with van der Waals surface area (Å²) in [6.45, 7) is 0.741. The molecule has 130 valence electrons. The lowest BCUT2D eigenvalue weighted by Crippen LogP contribution is -2.30. The molecule has 8 heteroatoms. The van der Waals surface area contributed by atoms with Gasteiger partial charge in [0.15, 0.2) is 5.69 Å². The van der Waals surface area contributed by atoms with E-state index in [4.69, 9.17) is 0 Å². The molecule has 24 heavy (non-hydrogen) atoms. The first kappa shape index (κ1) is 16.7. The zero-order valence-corrected chi connectivity index (χ0v) is 13.1. The number of aromatic nitrogens is 3. The molecule has 1 aliphatic rings. The minimum atomic E-state index is -4.51. The van der Waals surface area contributed by atoms with Gasteiger partial charge < -0.3 is 5.32 Å². The summed E-state index contributed by atoms with van der Waals surface area (Å²) in [7, 11) is 0. The number of nitrogens with one attached hydrogen (secondary N) is 1. The molecule has 1 N–H and O–H groups in total. The molecular formula is C16H19F3N4O. The van der Waals surface area contributed by atoms with E-state index >= 15 is 0 Å². The smallest absolute Gasteiger partial charge is 0.356 e. The summed E-state index contributed by atoms with van der Waals surface area (Å²) >= 11 is 0. The maximum absolute atomic E-state index is 13.0. The largest absolute Gasteiger partial charge is 0.435 e. The van der Waals surface area contributed by atoms with Crippen LogP contribution in [0.4, 0.5) is 13.2 Å². The maximum Gasteiger partial charge on any atom is 0.435 e. The first-order chi connectivity index (χ1) is 11.5. The Balaban J connectivity index is 1.62. The fourth-order valence-electron chi connectivity index (χ4n) is 3.18. The second-order valence-electron chi connectivity index (χ2n) is 6.09. The average molecular weight is 340 g/mol. The number of hydrogen-bond donors (Lipinski definition) is 1. The van der Waals surface area contributed by atoms with Gasteiger partial charge in [-0.25, -0.2) is 0 Å². The number of pyridine rings is 1. The molecule has 0 radical (unpaired) electrons. The Kier molecular flexibility index (Phi) is 4.73. The lowest BCUT2D eigenvalue weighted by molar-refractivity contribution is -0.140. The van der Waals surface area contributed by atoms with Gasteiger partial charge in [0.1, 0.15) is 0 Å². The molecule has 1 fully saturated rings. The summed E-state index contributed by atoms with van der Waals surface area (Å²) in [4.78, 5) is 15.7. The van der Waals surface area contributed by atoms with Gasteiger partial charge in [-0.2, -0.15) is 18.3 Å². The van der Waals surface area contributed by atoms with Crippen molar-refractivity contribution in [3.05, 3.63) is 24.2 Å². The second-order valence-corrected chi connectivity index (χ2v) is 6.09. The van der Waals surface area contributed by atoms with Gasteiger partial charge in [0.25, 0.3) is 0 Å². The number of nitrogens with zero attached hydrogens (tertiary/aromatic N) is 3. The SMILES string of the molecule is O=C(NCCCn1nc(C(F)(F)F)c2cnccc21)C1CCCC1. The highest BCUT2D eigenvalue weighted by Crippen LogP contribution is 2.33. The number of carbonyl (C=O) groups is 1. The van der Waals surface area contributed by atoms with Gasteiger partial charge in [0.2, 0.25) is 5.91 Å². The standard InChI is InChI=1S/C16H19F3N4O/c17-16(18,19)14-12-10-20-8-6-13(12)23(22-14)9-3-7-21-15(24)11-4-1-2-5-11/h6,8,10-11H,1-5,7,9H2,(H,21,24). The van der Waals surface area contributed by atoms with Gasteiger partial charge in [0, 0.05) is 31.4 Å². The van der Waals surface area contributed by atoms with E-state index in [1.807, 2.05) is 0 Å². The zero-order valence-electron chi connectivity index (χ0n) is 13.1. The molecule has 1 aliphatic carbocycles. The Morgan fingerprint density at radius 2 is 2.08 bits per heavy atom. The molecule has 2 heterocycles. The van der Waals surface area contributed by atoms with Crippen LogP contribution in [0.1, 0.15) is 37.8 Å². The fourth-order valence-corrected chi connectivity index (χ4v) is 3.18. The molecule has 5 nitrogen and oxygen atoms in total. The zero-order chi connectivity index (χ0) is 17.2. The van der Waals surface area contributed by atoms with Gasteiger partial charge in [-0.3, -0.25) is 14.5 Å². The number of halogens is 3. The van der Waals surface area contributed by atoms with Crippen LogP contribution in [-0.4, -0.2) is 27.2 Å². The lowest BCUT2D eigenvalue weighted by Gasteiger charge is -2.10. The number of aryl methyl sites for hydroxylation is 1. The van der Waals surface area contributed by atoms with Crippen molar-refractivity contribution in [2.24, 2.45) is 5.92 Å². The number of hydrogen-bond acceptors (Lipinski definition) is 3. The van der Waals surface area contributed by atoms with Crippen molar-refractivity contribution < 1.29 is 18.0 Å². The summed E-state index contributed by atoms with van der Waals surface area (Å²) < 4.78 is 40.4. The van der Waals surface area contributed by atoms with E-state index in [0.29, 0.717) is 25.0 Å². The van der Waals surface area contributed by atoms with Gasteiger partial charge >= 0.3 is 6.18 Å². The highest BCUT2D eigenvalue weighted by atomic mass is 19.4. The fraction of sp³-hybridized carbons (Fsp3) is 0.562. The minimum Gasteiger partial charge on any atom is -0.356 e. The van der Waals surface area contributed by atoms with E-state index < -0.39 is 11.9 Å². The van der Waals surface area contributed by atoms with Crippen LogP contribution in [0.15, 0.2) is 18.5 Å². The van der Waals surface area contributed by atoms with Crippen LogP contribution in [0.2, 0.25) is 0 Å². The summed E-state index contributed by atoms with van der Waals surface area (Å²) in [5.74, 6) is 0.149. The molecule has 2 aromatic heterocycles. The molecular weight excluding hydrogens is 321 g/mol. The molecule has 0 saturated heterocycles. The summed E-state index contributed by atoms with van der Waals surface area (Å²) in [5.41, 5.74) is -0.514.